The summed E-state index contributed by atoms with van der Waals surface area (Å²) in [4.78, 5) is 0. The van der Waals surface area contributed by atoms with E-state index in [1.165, 1.54) is 87.7 Å². The molecule has 0 N–H and O–H groups in total. The Bertz CT molecular complexity index is 2060. The van der Waals surface area contributed by atoms with E-state index in [2.05, 4.69) is 146 Å². The fraction of sp³-hybridized carbons (Fsp3) is 0.217. The number of hydrogen-bond acceptors (Lipinski definition) is 0. The molecule has 6 aromatic rings. The third kappa shape index (κ3) is 3.80. The first-order valence-electron chi connectivity index (χ1n) is 17.4. The Morgan fingerprint density at radius 1 is 0.391 bits per heavy atom. The average molecular weight is 591 g/mol. The fourth-order valence-corrected chi connectivity index (χ4v) is 10.5. The molecule has 46 heavy (non-hydrogen) atoms. The van der Waals surface area contributed by atoms with Crippen molar-refractivity contribution in [2.45, 2.75) is 49.4 Å². The summed E-state index contributed by atoms with van der Waals surface area (Å²) in [5.74, 6) is 3.28. The van der Waals surface area contributed by atoms with Crippen LogP contribution in [0.3, 0.4) is 0 Å². The van der Waals surface area contributed by atoms with Crippen LogP contribution in [0.5, 0.6) is 0 Å². The summed E-state index contributed by atoms with van der Waals surface area (Å²) < 4.78 is 0. The molecule has 6 aromatic carbocycles. The normalized spacial score (nSPS) is 23.0. The van der Waals surface area contributed by atoms with Crippen LogP contribution in [-0.4, -0.2) is 0 Å². The first-order valence-corrected chi connectivity index (χ1v) is 17.4. The van der Waals surface area contributed by atoms with Crippen molar-refractivity contribution in [1.29, 1.82) is 0 Å². The van der Waals surface area contributed by atoms with E-state index in [9.17, 15) is 0 Å². The minimum atomic E-state index is -0.419. The third-order valence-electron chi connectivity index (χ3n) is 12.1. The molecule has 2 atom stereocenters. The quantitative estimate of drug-likeness (QED) is 0.191. The standard InChI is InChI=1S/C46H38/c1-2-11-32(12-3-1)33-13-8-15-37(28-33)46(43-21-6-4-17-41(43)42-18-5-7-22-44(42)46)38-16-9-14-34(29-38)39-19-10-20-40-35-24-30-23-31(25-35)27-36(26-30)45(39)40/h1-22,28-31,35-36H,23-27H2. The lowest BCUT2D eigenvalue weighted by Crippen LogP contribution is -2.28. The molecule has 0 radical (unpaired) electrons. The smallest absolute Gasteiger partial charge is 0.0622 e. The molecule has 2 unspecified atom stereocenters. The minimum absolute atomic E-state index is 0.419. The van der Waals surface area contributed by atoms with E-state index in [1.807, 2.05) is 0 Å². The largest absolute Gasteiger partial charge is 0.0713 e. The lowest BCUT2D eigenvalue weighted by molar-refractivity contribution is 0.166. The minimum Gasteiger partial charge on any atom is -0.0622 e. The summed E-state index contributed by atoms with van der Waals surface area (Å²) in [6, 6.07) is 55.4. The van der Waals surface area contributed by atoms with Crippen LogP contribution in [0.15, 0.2) is 146 Å². The molecule has 2 saturated carbocycles. The third-order valence-corrected chi connectivity index (χ3v) is 12.1. The van der Waals surface area contributed by atoms with Gasteiger partial charge in [-0.2, -0.15) is 0 Å². The highest BCUT2D eigenvalue weighted by Gasteiger charge is 2.47. The van der Waals surface area contributed by atoms with Gasteiger partial charge in [0.15, 0.2) is 0 Å². The summed E-state index contributed by atoms with van der Waals surface area (Å²) in [5.41, 5.74) is 16.4. The molecule has 11 rings (SSSR count). The van der Waals surface area contributed by atoms with E-state index in [-0.39, 0.29) is 0 Å². The summed E-state index contributed by atoms with van der Waals surface area (Å²) in [6.07, 6.45) is 7.03. The van der Waals surface area contributed by atoms with Crippen LogP contribution in [0.25, 0.3) is 33.4 Å². The lowest BCUT2D eigenvalue weighted by atomic mass is 9.66. The Morgan fingerprint density at radius 2 is 0.913 bits per heavy atom. The van der Waals surface area contributed by atoms with Gasteiger partial charge in [-0.25, -0.2) is 0 Å². The second-order valence-corrected chi connectivity index (χ2v) is 14.5. The SMILES string of the molecule is c1ccc(-c2cccc(C3(c4cccc(-c5cccc6c5C5CC7CC(CC6C7)C5)c4)c4ccccc4-c4ccccc43)c2)cc1. The predicted molar refractivity (Wildman–Crippen MR) is 190 cm³/mol. The van der Waals surface area contributed by atoms with Crippen molar-refractivity contribution in [3.8, 4) is 33.4 Å². The Balaban J connectivity index is 1.22. The van der Waals surface area contributed by atoms with Crippen LogP contribution in [0.1, 0.15) is 77.3 Å². The van der Waals surface area contributed by atoms with E-state index < -0.39 is 5.41 Å². The number of benzene rings is 6. The van der Waals surface area contributed by atoms with Gasteiger partial charge >= 0.3 is 0 Å². The molecule has 5 aliphatic rings. The molecule has 0 amide bonds. The second-order valence-electron chi connectivity index (χ2n) is 14.5. The van der Waals surface area contributed by atoms with Gasteiger partial charge in [-0.3, -0.25) is 0 Å². The Kier molecular flexibility index (Phi) is 5.86. The molecule has 0 saturated heterocycles. The molecule has 5 aliphatic carbocycles. The maximum absolute atomic E-state index is 2.55. The van der Waals surface area contributed by atoms with Gasteiger partial charge in [-0.05, 0) is 135 Å². The molecule has 0 heteroatoms. The first kappa shape index (κ1) is 26.5. The van der Waals surface area contributed by atoms with Crippen molar-refractivity contribution < 1.29 is 0 Å². The van der Waals surface area contributed by atoms with Gasteiger partial charge in [0.05, 0.1) is 5.41 Å². The number of hydrogen-bond donors (Lipinski definition) is 0. The highest BCUT2D eigenvalue weighted by Crippen LogP contribution is 2.59. The summed E-state index contributed by atoms with van der Waals surface area (Å²) in [5, 5.41) is 0. The monoisotopic (exact) mass is 590 g/mol. The molecule has 0 aromatic heterocycles. The van der Waals surface area contributed by atoms with Gasteiger partial charge < -0.3 is 0 Å². The molecule has 222 valence electrons. The van der Waals surface area contributed by atoms with Crippen molar-refractivity contribution in [2.24, 2.45) is 11.8 Å². The van der Waals surface area contributed by atoms with Crippen molar-refractivity contribution in [1.82, 2.24) is 0 Å². The van der Waals surface area contributed by atoms with Crippen molar-refractivity contribution >= 4 is 0 Å². The van der Waals surface area contributed by atoms with Gasteiger partial charge in [0.1, 0.15) is 0 Å². The van der Waals surface area contributed by atoms with Crippen LogP contribution in [0, 0.1) is 11.8 Å². The Morgan fingerprint density at radius 3 is 1.61 bits per heavy atom. The van der Waals surface area contributed by atoms with Crippen molar-refractivity contribution in [3.63, 3.8) is 0 Å². The van der Waals surface area contributed by atoms with Crippen molar-refractivity contribution in [3.05, 3.63) is 179 Å². The molecule has 0 nitrogen and oxygen atoms in total. The first-order chi connectivity index (χ1) is 22.8. The molecule has 2 fully saturated rings. The predicted octanol–water partition coefficient (Wildman–Crippen LogP) is 11.8. The Labute approximate surface area is 272 Å². The maximum atomic E-state index is 2.55. The fourth-order valence-electron chi connectivity index (χ4n) is 10.5. The summed E-state index contributed by atoms with van der Waals surface area (Å²) in [6.45, 7) is 0. The summed E-state index contributed by atoms with van der Waals surface area (Å²) in [7, 11) is 0. The van der Waals surface area contributed by atoms with Gasteiger partial charge in [0.25, 0.3) is 0 Å². The van der Waals surface area contributed by atoms with Crippen LogP contribution < -0.4 is 0 Å². The zero-order chi connectivity index (χ0) is 30.2. The van der Waals surface area contributed by atoms with E-state index in [0.717, 1.165) is 17.8 Å². The van der Waals surface area contributed by atoms with Crippen LogP contribution in [-0.2, 0) is 5.41 Å². The second kappa shape index (κ2) is 10.2. The van der Waals surface area contributed by atoms with Crippen LogP contribution in [0.4, 0.5) is 0 Å². The zero-order valence-corrected chi connectivity index (χ0v) is 26.2. The molecule has 0 heterocycles. The maximum Gasteiger partial charge on any atom is 0.0713 e. The van der Waals surface area contributed by atoms with Gasteiger partial charge in [0.2, 0.25) is 0 Å². The van der Waals surface area contributed by atoms with Gasteiger partial charge in [0, 0.05) is 0 Å². The highest BCUT2D eigenvalue weighted by molar-refractivity contribution is 5.87. The van der Waals surface area contributed by atoms with E-state index in [1.54, 1.807) is 11.1 Å². The zero-order valence-electron chi connectivity index (χ0n) is 26.2. The van der Waals surface area contributed by atoms with Gasteiger partial charge in [-0.15, -0.1) is 0 Å². The van der Waals surface area contributed by atoms with Crippen molar-refractivity contribution in [2.75, 3.05) is 0 Å². The van der Waals surface area contributed by atoms with Crippen LogP contribution >= 0.6 is 0 Å². The topological polar surface area (TPSA) is 0 Å². The highest BCUT2D eigenvalue weighted by atomic mass is 14.5. The average Bonchev–Trinajstić information content (AvgIpc) is 3.31. The number of fused-ring (bicyclic) bond motifs is 3. The summed E-state index contributed by atoms with van der Waals surface area (Å²) >= 11 is 0. The molecule has 0 aliphatic heterocycles. The van der Waals surface area contributed by atoms with E-state index >= 15 is 0 Å². The van der Waals surface area contributed by atoms with Crippen LogP contribution in [0.2, 0.25) is 0 Å². The number of rotatable bonds is 4. The van der Waals surface area contributed by atoms with Gasteiger partial charge in [-0.1, -0.05) is 133 Å². The molecular formula is C46H38. The lowest BCUT2D eigenvalue weighted by Gasteiger charge is -2.38. The molecular weight excluding hydrogens is 553 g/mol. The van der Waals surface area contributed by atoms with E-state index in [0.29, 0.717) is 5.92 Å². The molecule has 0 spiro atoms. The van der Waals surface area contributed by atoms with E-state index in [4.69, 9.17) is 0 Å². The molecule has 4 bridgehead atoms. The Hall–Kier alpha value is -4.68.